The van der Waals surface area contributed by atoms with Crippen molar-refractivity contribution < 1.29 is 0 Å². The highest BCUT2D eigenvalue weighted by molar-refractivity contribution is 4.72. The molecule has 0 aromatic heterocycles. The van der Waals surface area contributed by atoms with Crippen molar-refractivity contribution in [1.29, 1.82) is 0 Å². The van der Waals surface area contributed by atoms with Gasteiger partial charge in [-0.2, -0.15) is 0 Å². The zero-order valence-electron chi connectivity index (χ0n) is 8.43. The van der Waals surface area contributed by atoms with Gasteiger partial charge in [-0.3, -0.25) is 0 Å². The van der Waals surface area contributed by atoms with Crippen LogP contribution < -0.4 is 5.73 Å². The molecule has 3 atom stereocenters. The molecule has 2 N–H and O–H groups in total. The van der Waals surface area contributed by atoms with E-state index in [-0.39, 0.29) is 0 Å². The topological polar surface area (TPSA) is 26.0 Å². The largest absolute Gasteiger partial charge is 0.327 e. The lowest BCUT2D eigenvalue weighted by Gasteiger charge is -2.24. The molecule has 0 spiro atoms. The fourth-order valence-corrected chi connectivity index (χ4v) is 1.51. The van der Waals surface area contributed by atoms with Crippen LogP contribution in [0.5, 0.6) is 0 Å². The van der Waals surface area contributed by atoms with Gasteiger partial charge in [0.15, 0.2) is 0 Å². The van der Waals surface area contributed by atoms with E-state index in [4.69, 9.17) is 5.73 Å². The second-order valence-corrected chi connectivity index (χ2v) is 3.70. The maximum Gasteiger partial charge on any atom is 0.00644 e. The maximum atomic E-state index is 5.95. The summed E-state index contributed by atoms with van der Waals surface area (Å²) in [6.45, 7) is 8.98. The Kier molecular flexibility index (Phi) is 5.57. The molecule has 0 saturated heterocycles. The summed E-state index contributed by atoms with van der Waals surface area (Å²) in [5.74, 6) is 1.47. The Labute approximate surface area is 71.4 Å². The fourth-order valence-electron chi connectivity index (χ4n) is 1.51. The van der Waals surface area contributed by atoms with Gasteiger partial charge in [0.05, 0.1) is 0 Å². The molecule has 0 amide bonds. The van der Waals surface area contributed by atoms with E-state index in [2.05, 4.69) is 27.7 Å². The van der Waals surface area contributed by atoms with E-state index < -0.39 is 0 Å². The predicted octanol–water partition coefficient (Wildman–Crippen LogP) is 2.80. The molecule has 0 aromatic rings. The first-order valence-electron chi connectivity index (χ1n) is 4.89. The molecule has 0 aliphatic heterocycles. The van der Waals surface area contributed by atoms with Gasteiger partial charge in [0.2, 0.25) is 0 Å². The van der Waals surface area contributed by atoms with Gasteiger partial charge in [0.25, 0.3) is 0 Å². The lowest BCUT2D eigenvalue weighted by molar-refractivity contribution is 0.301. The van der Waals surface area contributed by atoms with Crippen molar-refractivity contribution in [3.05, 3.63) is 0 Å². The fraction of sp³-hybridized carbons (Fsp3) is 1.00. The Balaban J connectivity index is 3.70. The number of nitrogens with two attached hydrogens (primary N) is 1. The monoisotopic (exact) mass is 157 g/mol. The summed E-state index contributed by atoms with van der Waals surface area (Å²) in [7, 11) is 0. The highest BCUT2D eigenvalue weighted by Crippen LogP contribution is 2.20. The summed E-state index contributed by atoms with van der Waals surface area (Å²) >= 11 is 0. The average Bonchev–Trinajstić information content (AvgIpc) is 2.02. The van der Waals surface area contributed by atoms with E-state index in [0.717, 1.165) is 12.3 Å². The first-order valence-corrected chi connectivity index (χ1v) is 4.89. The first kappa shape index (κ1) is 11.0. The van der Waals surface area contributed by atoms with E-state index in [9.17, 15) is 0 Å². The third-order valence-corrected chi connectivity index (χ3v) is 2.79. The Hall–Kier alpha value is -0.0400. The van der Waals surface area contributed by atoms with Crippen LogP contribution in [-0.4, -0.2) is 6.04 Å². The Bertz CT molecular complexity index is 90.9. The van der Waals surface area contributed by atoms with Gasteiger partial charge in [0.1, 0.15) is 0 Å². The second kappa shape index (κ2) is 5.59. The molecular weight excluding hydrogens is 134 g/mol. The van der Waals surface area contributed by atoms with Crippen LogP contribution >= 0.6 is 0 Å². The zero-order valence-corrected chi connectivity index (χ0v) is 8.43. The quantitative estimate of drug-likeness (QED) is 0.652. The van der Waals surface area contributed by atoms with Gasteiger partial charge in [-0.25, -0.2) is 0 Å². The van der Waals surface area contributed by atoms with Gasteiger partial charge < -0.3 is 5.73 Å². The third-order valence-electron chi connectivity index (χ3n) is 2.79. The van der Waals surface area contributed by atoms with Crippen LogP contribution in [0.2, 0.25) is 0 Å². The van der Waals surface area contributed by atoms with Crippen LogP contribution in [0.3, 0.4) is 0 Å². The van der Waals surface area contributed by atoms with Crippen LogP contribution in [0.25, 0.3) is 0 Å². The van der Waals surface area contributed by atoms with Crippen LogP contribution in [-0.2, 0) is 0 Å². The minimum atomic E-state index is 0.400. The summed E-state index contributed by atoms with van der Waals surface area (Å²) in [4.78, 5) is 0. The molecule has 1 heteroatoms. The van der Waals surface area contributed by atoms with Gasteiger partial charge >= 0.3 is 0 Å². The van der Waals surface area contributed by atoms with Crippen molar-refractivity contribution in [3.8, 4) is 0 Å². The lowest BCUT2D eigenvalue weighted by atomic mass is 9.85. The molecule has 1 nitrogen and oxygen atoms in total. The lowest BCUT2D eigenvalue weighted by Crippen LogP contribution is -2.31. The van der Waals surface area contributed by atoms with E-state index >= 15 is 0 Å². The van der Waals surface area contributed by atoms with Crippen LogP contribution in [0.1, 0.15) is 47.0 Å². The van der Waals surface area contributed by atoms with Crippen LogP contribution in [0, 0.1) is 11.8 Å². The molecule has 0 saturated carbocycles. The van der Waals surface area contributed by atoms with Crippen molar-refractivity contribution in [2.24, 2.45) is 17.6 Å². The Morgan fingerprint density at radius 3 is 2.09 bits per heavy atom. The highest BCUT2D eigenvalue weighted by atomic mass is 14.6. The molecule has 0 heterocycles. The molecule has 0 radical (unpaired) electrons. The van der Waals surface area contributed by atoms with Crippen molar-refractivity contribution in [1.82, 2.24) is 0 Å². The summed E-state index contributed by atoms with van der Waals surface area (Å²) in [5, 5.41) is 0. The normalized spacial score (nSPS) is 19.4. The van der Waals surface area contributed by atoms with E-state index in [1.807, 2.05) is 0 Å². The minimum Gasteiger partial charge on any atom is -0.327 e. The molecule has 0 fully saturated rings. The van der Waals surface area contributed by atoms with E-state index in [1.165, 1.54) is 12.8 Å². The molecule has 0 aliphatic rings. The van der Waals surface area contributed by atoms with E-state index in [0.29, 0.717) is 12.0 Å². The summed E-state index contributed by atoms with van der Waals surface area (Å²) in [5.41, 5.74) is 5.95. The summed E-state index contributed by atoms with van der Waals surface area (Å²) < 4.78 is 0. The van der Waals surface area contributed by atoms with Crippen molar-refractivity contribution in [2.75, 3.05) is 0 Å². The molecule has 68 valence electrons. The molecule has 0 aromatic carbocycles. The first-order chi connectivity index (χ1) is 5.13. The highest BCUT2D eigenvalue weighted by Gasteiger charge is 2.16. The number of hydrogen-bond donors (Lipinski definition) is 1. The SMILES string of the molecule is CCCC(C)C(C)C(N)CC. The smallest absolute Gasteiger partial charge is 0.00644 e. The molecule has 0 bridgehead atoms. The predicted molar refractivity (Wildman–Crippen MR) is 51.5 cm³/mol. The van der Waals surface area contributed by atoms with Gasteiger partial charge in [-0.15, -0.1) is 0 Å². The van der Waals surface area contributed by atoms with Crippen molar-refractivity contribution in [2.45, 2.75) is 53.0 Å². The average molecular weight is 157 g/mol. The van der Waals surface area contributed by atoms with Gasteiger partial charge in [0, 0.05) is 6.04 Å². The maximum absolute atomic E-state index is 5.95. The summed E-state index contributed by atoms with van der Waals surface area (Å²) in [6.07, 6.45) is 3.70. The minimum absolute atomic E-state index is 0.400. The molecule has 3 unspecified atom stereocenters. The van der Waals surface area contributed by atoms with Gasteiger partial charge in [-0.1, -0.05) is 40.5 Å². The second-order valence-electron chi connectivity index (χ2n) is 3.70. The molecule has 11 heavy (non-hydrogen) atoms. The zero-order chi connectivity index (χ0) is 8.85. The Morgan fingerprint density at radius 1 is 1.18 bits per heavy atom. The molecule has 0 rings (SSSR count). The van der Waals surface area contributed by atoms with Crippen LogP contribution in [0.15, 0.2) is 0 Å². The standard InChI is InChI=1S/C10H23N/c1-5-7-8(3)9(4)10(11)6-2/h8-10H,5-7,11H2,1-4H3. The van der Waals surface area contributed by atoms with Crippen LogP contribution in [0.4, 0.5) is 0 Å². The van der Waals surface area contributed by atoms with E-state index in [1.54, 1.807) is 0 Å². The Morgan fingerprint density at radius 2 is 1.73 bits per heavy atom. The molecule has 0 aliphatic carbocycles. The number of hydrogen-bond acceptors (Lipinski definition) is 1. The molecular formula is C10H23N. The third kappa shape index (κ3) is 3.76. The van der Waals surface area contributed by atoms with Gasteiger partial charge in [-0.05, 0) is 18.3 Å². The van der Waals surface area contributed by atoms with Crippen molar-refractivity contribution >= 4 is 0 Å². The van der Waals surface area contributed by atoms with Crippen molar-refractivity contribution in [3.63, 3.8) is 0 Å². The number of rotatable bonds is 5. The summed E-state index contributed by atoms with van der Waals surface area (Å²) in [6, 6.07) is 0.400.